The molecule has 1 aliphatic rings. The minimum absolute atomic E-state index is 0.156. The highest BCUT2D eigenvalue weighted by Crippen LogP contribution is 2.22. The van der Waals surface area contributed by atoms with Crippen LogP contribution in [-0.2, 0) is 0 Å². The second-order valence-electron chi connectivity index (χ2n) is 4.90. The van der Waals surface area contributed by atoms with Gasteiger partial charge in [-0.15, -0.1) is 0 Å². The summed E-state index contributed by atoms with van der Waals surface area (Å²) in [5.74, 6) is 0. The summed E-state index contributed by atoms with van der Waals surface area (Å²) in [6.07, 6.45) is -0.0323. The fourth-order valence-corrected chi connectivity index (χ4v) is 2.63. The third kappa shape index (κ3) is 2.63. The molecule has 2 N–H and O–H groups in total. The molecule has 1 aromatic heterocycles. The van der Waals surface area contributed by atoms with Gasteiger partial charge in [-0.2, -0.15) is 0 Å². The normalized spacial score (nSPS) is 18.4. The second-order valence-corrected chi connectivity index (χ2v) is 5.29. The number of benzene rings is 1. The Morgan fingerprint density at radius 1 is 1.40 bits per heavy atom. The van der Waals surface area contributed by atoms with Crippen molar-refractivity contribution in [3.63, 3.8) is 0 Å². The number of fused-ring (bicyclic) bond motifs is 1. The molecule has 5 nitrogen and oxygen atoms in total. The molecule has 1 aromatic carbocycles. The fourth-order valence-electron chi connectivity index (χ4n) is 2.48. The molecule has 104 valence electrons. The molecular formula is C14H14ClN3O2. The van der Waals surface area contributed by atoms with Gasteiger partial charge < -0.3 is 15.3 Å². The van der Waals surface area contributed by atoms with E-state index in [-0.39, 0.29) is 6.04 Å². The van der Waals surface area contributed by atoms with Gasteiger partial charge in [0.05, 0.1) is 5.52 Å². The number of amides is 1. The molecular weight excluding hydrogens is 278 g/mol. The van der Waals surface area contributed by atoms with E-state index in [9.17, 15) is 4.79 Å². The number of anilines is 1. The molecule has 0 radical (unpaired) electrons. The first kappa shape index (κ1) is 13.0. The summed E-state index contributed by atoms with van der Waals surface area (Å²) < 4.78 is 0. The highest BCUT2D eigenvalue weighted by atomic mass is 35.5. The number of rotatable bonds is 2. The molecule has 1 amide bonds. The maximum Gasteiger partial charge on any atom is 0.407 e. The predicted octanol–water partition coefficient (Wildman–Crippen LogP) is 3.05. The fraction of sp³-hybridized carbons (Fsp3) is 0.286. The first-order chi connectivity index (χ1) is 9.61. The number of carbonyl (C=O) groups is 1. The summed E-state index contributed by atoms with van der Waals surface area (Å²) in [6.45, 7) is 1.10. The average molecular weight is 292 g/mol. The lowest BCUT2D eigenvalue weighted by molar-refractivity contribution is 0.155. The topological polar surface area (TPSA) is 65.5 Å². The number of nitrogens with one attached hydrogen (secondary N) is 1. The summed E-state index contributed by atoms with van der Waals surface area (Å²) >= 11 is 5.85. The van der Waals surface area contributed by atoms with Crippen LogP contribution in [0.5, 0.6) is 0 Å². The molecule has 2 aromatic rings. The first-order valence-corrected chi connectivity index (χ1v) is 6.80. The van der Waals surface area contributed by atoms with Crippen LogP contribution in [-0.4, -0.2) is 40.2 Å². The van der Waals surface area contributed by atoms with Crippen LogP contribution in [0.4, 0.5) is 10.5 Å². The first-order valence-electron chi connectivity index (χ1n) is 6.42. The molecule has 3 rings (SSSR count). The lowest BCUT2D eigenvalue weighted by Crippen LogP contribution is -2.30. The minimum Gasteiger partial charge on any atom is -0.465 e. The van der Waals surface area contributed by atoms with Crippen molar-refractivity contribution < 1.29 is 9.90 Å². The number of hydrogen-bond donors (Lipinski definition) is 2. The molecule has 20 heavy (non-hydrogen) atoms. The monoisotopic (exact) mass is 291 g/mol. The van der Waals surface area contributed by atoms with E-state index in [2.05, 4.69) is 10.3 Å². The molecule has 0 aliphatic carbocycles. The van der Waals surface area contributed by atoms with Crippen molar-refractivity contribution in [1.82, 2.24) is 9.88 Å². The van der Waals surface area contributed by atoms with Gasteiger partial charge in [-0.1, -0.05) is 11.6 Å². The number of carboxylic acid groups (broad SMARTS) is 1. The largest absolute Gasteiger partial charge is 0.465 e. The maximum absolute atomic E-state index is 10.9. The van der Waals surface area contributed by atoms with Gasteiger partial charge in [-0.3, -0.25) is 0 Å². The Labute approximate surface area is 121 Å². The third-order valence-corrected chi connectivity index (χ3v) is 3.70. The van der Waals surface area contributed by atoms with E-state index in [4.69, 9.17) is 16.7 Å². The van der Waals surface area contributed by atoms with Crippen LogP contribution in [0.2, 0.25) is 5.15 Å². The van der Waals surface area contributed by atoms with Gasteiger partial charge in [-0.25, -0.2) is 9.78 Å². The molecule has 0 bridgehead atoms. The van der Waals surface area contributed by atoms with E-state index in [1.807, 2.05) is 24.3 Å². The number of halogens is 1. The van der Waals surface area contributed by atoms with Gasteiger partial charge in [-0.05, 0) is 36.8 Å². The zero-order valence-corrected chi connectivity index (χ0v) is 11.5. The maximum atomic E-state index is 10.9. The molecule has 6 heteroatoms. The van der Waals surface area contributed by atoms with Crippen molar-refractivity contribution in [2.45, 2.75) is 12.5 Å². The van der Waals surface area contributed by atoms with Crippen LogP contribution in [0.1, 0.15) is 6.42 Å². The van der Waals surface area contributed by atoms with Crippen molar-refractivity contribution in [3.05, 3.63) is 35.5 Å². The van der Waals surface area contributed by atoms with Gasteiger partial charge in [0.15, 0.2) is 0 Å². The molecule has 0 unspecified atom stereocenters. The number of likely N-dealkylation sites (tertiary alicyclic amines) is 1. The van der Waals surface area contributed by atoms with E-state index in [1.54, 1.807) is 6.07 Å². The summed E-state index contributed by atoms with van der Waals surface area (Å²) in [5.41, 5.74) is 1.82. The number of nitrogens with zero attached hydrogens (tertiary/aromatic N) is 2. The zero-order chi connectivity index (χ0) is 14.1. The van der Waals surface area contributed by atoms with Gasteiger partial charge >= 0.3 is 6.09 Å². The van der Waals surface area contributed by atoms with E-state index in [0.717, 1.165) is 23.0 Å². The van der Waals surface area contributed by atoms with Crippen LogP contribution >= 0.6 is 11.6 Å². The van der Waals surface area contributed by atoms with Crippen LogP contribution in [0.15, 0.2) is 30.3 Å². The standard InChI is InChI=1S/C14H14ClN3O2/c15-13-4-1-9-7-10(2-3-12(9)17-13)16-11-5-6-18(8-11)14(19)20/h1-4,7,11,16H,5-6,8H2,(H,19,20)/t11-/m1/s1. The molecule has 1 aliphatic heterocycles. The average Bonchev–Trinajstić information content (AvgIpc) is 2.88. The molecule has 0 saturated carbocycles. The lowest BCUT2D eigenvalue weighted by Gasteiger charge is -2.15. The minimum atomic E-state index is -0.855. The Hall–Kier alpha value is -2.01. The van der Waals surface area contributed by atoms with E-state index < -0.39 is 6.09 Å². The van der Waals surface area contributed by atoms with E-state index >= 15 is 0 Å². The molecule has 0 spiro atoms. The Morgan fingerprint density at radius 2 is 2.25 bits per heavy atom. The number of hydrogen-bond acceptors (Lipinski definition) is 3. The molecule has 1 fully saturated rings. The second kappa shape index (κ2) is 5.17. The van der Waals surface area contributed by atoms with Crippen LogP contribution in [0.25, 0.3) is 10.9 Å². The van der Waals surface area contributed by atoms with E-state index in [1.165, 1.54) is 4.90 Å². The Morgan fingerprint density at radius 3 is 3.00 bits per heavy atom. The Balaban J connectivity index is 1.75. The van der Waals surface area contributed by atoms with Gasteiger partial charge in [0.25, 0.3) is 0 Å². The summed E-state index contributed by atoms with van der Waals surface area (Å²) in [7, 11) is 0. The SMILES string of the molecule is O=C(O)N1CC[C@@H](Nc2ccc3nc(Cl)ccc3c2)C1. The molecule has 2 heterocycles. The van der Waals surface area contributed by atoms with Gasteiger partial charge in [0, 0.05) is 30.2 Å². The smallest absolute Gasteiger partial charge is 0.407 e. The van der Waals surface area contributed by atoms with E-state index in [0.29, 0.717) is 18.2 Å². The lowest BCUT2D eigenvalue weighted by atomic mass is 10.2. The highest BCUT2D eigenvalue weighted by Gasteiger charge is 2.25. The van der Waals surface area contributed by atoms with Crippen molar-refractivity contribution in [2.24, 2.45) is 0 Å². The van der Waals surface area contributed by atoms with Crippen molar-refractivity contribution >= 4 is 34.3 Å². The Bertz CT molecular complexity index is 662. The van der Waals surface area contributed by atoms with Crippen molar-refractivity contribution in [3.8, 4) is 0 Å². The quantitative estimate of drug-likeness (QED) is 0.835. The van der Waals surface area contributed by atoms with Crippen LogP contribution in [0, 0.1) is 0 Å². The van der Waals surface area contributed by atoms with Crippen molar-refractivity contribution in [2.75, 3.05) is 18.4 Å². The number of pyridine rings is 1. The molecule has 1 atom stereocenters. The van der Waals surface area contributed by atoms with Crippen LogP contribution in [0.3, 0.4) is 0 Å². The van der Waals surface area contributed by atoms with Gasteiger partial charge in [0.1, 0.15) is 5.15 Å². The summed E-state index contributed by atoms with van der Waals surface area (Å²) in [5, 5.41) is 13.8. The van der Waals surface area contributed by atoms with Crippen LogP contribution < -0.4 is 5.32 Å². The van der Waals surface area contributed by atoms with Gasteiger partial charge in [0.2, 0.25) is 0 Å². The Kier molecular flexibility index (Phi) is 3.36. The highest BCUT2D eigenvalue weighted by molar-refractivity contribution is 6.29. The summed E-state index contributed by atoms with van der Waals surface area (Å²) in [6, 6.07) is 9.69. The summed E-state index contributed by atoms with van der Waals surface area (Å²) in [4.78, 5) is 16.5. The molecule has 1 saturated heterocycles. The number of aromatic nitrogens is 1. The zero-order valence-electron chi connectivity index (χ0n) is 10.7. The third-order valence-electron chi connectivity index (χ3n) is 3.48. The predicted molar refractivity (Wildman–Crippen MR) is 78.4 cm³/mol. The van der Waals surface area contributed by atoms with Crippen molar-refractivity contribution in [1.29, 1.82) is 0 Å².